The molecule has 0 radical (unpaired) electrons. The Balaban J connectivity index is 0. The van der Waals surface area contributed by atoms with Crippen LogP contribution in [0.3, 0.4) is 0 Å². The topological polar surface area (TPSA) is 27.7 Å². The van der Waals surface area contributed by atoms with Crippen molar-refractivity contribution in [2.24, 2.45) is 0 Å². The van der Waals surface area contributed by atoms with Gasteiger partial charge in [0.1, 0.15) is 0 Å². The molecule has 0 fully saturated rings. The molecule has 0 aliphatic heterocycles. The molecule has 0 saturated heterocycles. The van der Waals surface area contributed by atoms with Crippen LogP contribution >= 0.6 is 0 Å². The standard InChI is InChI=1S/C4H10O2.C3H10OSi/c1-3-5-6-4-2;1-3-4-5-2/h3-4H2,1-2H3;3,5H2,1-2H3. The minimum Gasteiger partial charge on any atom is -0.425 e. The summed E-state index contributed by atoms with van der Waals surface area (Å²) in [6.45, 7) is 10.1. The molecule has 0 heterocycles. The van der Waals surface area contributed by atoms with Gasteiger partial charge in [0.05, 0.1) is 13.2 Å². The normalized spacial score (nSPS) is 9.82. The molecule has 0 spiro atoms. The van der Waals surface area contributed by atoms with Crippen molar-refractivity contribution in [3.63, 3.8) is 0 Å². The quantitative estimate of drug-likeness (QED) is 0.275. The van der Waals surface area contributed by atoms with Gasteiger partial charge in [-0.25, -0.2) is 9.78 Å². The van der Waals surface area contributed by atoms with Gasteiger partial charge >= 0.3 is 0 Å². The van der Waals surface area contributed by atoms with E-state index in [0.717, 1.165) is 6.61 Å². The van der Waals surface area contributed by atoms with E-state index >= 15 is 0 Å². The first-order valence-corrected chi connectivity index (χ1v) is 6.14. The second-order valence-corrected chi connectivity index (χ2v) is 2.58. The van der Waals surface area contributed by atoms with Gasteiger partial charge in [-0.2, -0.15) is 0 Å². The first kappa shape index (κ1) is 13.7. The molecular weight excluding hydrogens is 160 g/mol. The smallest absolute Gasteiger partial charge is 0.158 e. The lowest BCUT2D eigenvalue weighted by atomic mass is 10.9. The number of rotatable bonds is 5. The summed E-state index contributed by atoms with van der Waals surface area (Å²) in [7, 11) is -0.0860. The van der Waals surface area contributed by atoms with Crippen LogP contribution in [0.2, 0.25) is 6.55 Å². The van der Waals surface area contributed by atoms with E-state index in [-0.39, 0.29) is 9.76 Å². The highest BCUT2D eigenvalue weighted by Gasteiger charge is 1.71. The van der Waals surface area contributed by atoms with Crippen molar-refractivity contribution in [1.82, 2.24) is 0 Å². The van der Waals surface area contributed by atoms with Gasteiger partial charge in [0.2, 0.25) is 0 Å². The fourth-order valence-corrected chi connectivity index (χ4v) is 0.779. The zero-order valence-electron chi connectivity index (χ0n) is 8.05. The molecule has 0 aromatic carbocycles. The second kappa shape index (κ2) is 16.6. The Morgan fingerprint density at radius 2 is 1.36 bits per heavy atom. The molecule has 0 atom stereocenters. The van der Waals surface area contributed by atoms with E-state index in [1.807, 2.05) is 20.8 Å². The van der Waals surface area contributed by atoms with Crippen LogP contribution in [0.1, 0.15) is 20.8 Å². The molecule has 0 aliphatic rings. The van der Waals surface area contributed by atoms with Crippen LogP contribution in [0, 0.1) is 0 Å². The van der Waals surface area contributed by atoms with Crippen LogP contribution in [-0.2, 0) is 14.2 Å². The fraction of sp³-hybridized carbons (Fsp3) is 1.00. The molecule has 0 bridgehead atoms. The Hall–Kier alpha value is 0.0969. The predicted octanol–water partition coefficient (Wildman–Crippen LogP) is 1.13. The Morgan fingerprint density at radius 3 is 1.45 bits per heavy atom. The molecule has 0 aliphatic carbocycles. The van der Waals surface area contributed by atoms with Crippen LogP contribution in [0.4, 0.5) is 0 Å². The predicted molar refractivity (Wildman–Crippen MR) is 49.3 cm³/mol. The van der Waals surface area contributed by atoms with Crippen LogP contribution in [0.5, 0.6) is 0 Å². The highest BCUT2D eigenvalue weighted by atomic mass is 28.2. The first-order chi connectivity index (χ1) is 5.33. The molecule has 3 nitrogen and oxygen atoms in total. The molecule has 0 aromatic heterocycles. The molecule has 0 unspecified atom stereocenters. The van der Waals surface area contributed by atoms with E-state index in [4.69, 9.17) is 4.43 Å². The number of hydrogen-bond donors (Lipinski definition) is 0. The second-order valence-electron chi connectivity index (χ2n) is 1.59. The van der Waals surface area contributed by atoms with E-state index in [1.165, 1.54) is 0 Å². The van der Waals surface area contributed by atoms with Gasteiger partial charge in [-0.1, -0.05) is 6.55 Å². The maximum absolute atomic E-state index is 4.97. The van der Waals surface area contributed by atoms with E-state index in [2.05, 4.69) is 16.3 Å². The van der Waals surface area contributed by atoms with Crippen molar-refractivity contribution in [2.75, 3.05) is 19.8 Å². The minimum absolute atomic E-state index is 0.0860. The fourth-order valence-electron chi connectivity index (χ4n) is 0.371. The summed E-state index contributed by atoms with van der Waals surface area (Å²) in [6.07, 6.45) is 0. The maximum Gasteiger partial charge on any atom is 0.158 e. The van der Waals surface area contributed by atoms with Crippen LogP contribution in [-0.4, -0.2) is 29.6 Å². The maximum atomic E-state index is 4.97. The molecule has 0 saturated carbocycles. The van der Waals surface area contributed by atoms with Crippen molar-refractivity contribution in [3.8, 4) is 0 Å². The van der Waals surface area contributed by atoms with Gasteiger partial charge in [-0.3, -0.25) is 0 Å². The third-order valence-electron chi connectivity index (χ3n) is 0.727. The molecular formula is C7H20O3Si. The van der Waals surface area contributed by atoms with Gasteiger partial charge in [0.25, 0.3) is 0 Å². The average molecular weight is 180 g/mol. The summed E-state index contributed by atoms with van der Waals surface area (Å²) in [4.78, 5) is 8.97. The van der Waals surface area contributed by atoms with Gasteiger partial charge < -0.3 is 4.43 Å². The summed E-state index contributed by atoms with van der Waals surface area (Å²) >= 11 is 0. The molecule has 0 amide bonds. The van der Waals surface area contributed by atoms with Crippen molar-refractivity contribution >= 4 is 9.76 Å². The van der Waals surface area contributed by atoms with Gasteiger partial charge in [-0.15, -0.1) is 0 Å². The monoisotopic (exact) mass is 180 g/mol. The van der Waals surface area contributed by atoms with E-state index in [9.17, 15) is 0 Å². The van der Waals surface area contributed by atoms with Crippen molar-refractivity contribution in [2.45, 2.75) is 27.3 Å². The van der Waals surface area contributed by atoms with Crippen molar-refractivity contribution < 1.29 is 14.2 Å². The van der Waals surface area contributed by atoms with E-state index in [0.29, 0.717) is 13.2 Å². The van der Waals surface area contributed by atoms with Crippen molar-refractivity contribution in [3.05, 3.63) is 0 Å². The Morgan fingerprint density at radius 1 is 0.909 bits per heavy atom. The van der Waals surface area contributed by atoms with Crippen LogP contribution < -0.4 is 0 Å². The van der Waals surface area contributed by atoms with Crippen LogP contribution in [0.25, 0.3) is 0 Å². The SMILES string of the molecule is CCOOCC.CCO[SiH2]C. The minimum atomic E-state index is -0.0860. The summed E-state index contributed by atoms with van der Waals surface area (Å²) < 4.78 is 4.97. The van der Waals surface area contributed by atoms with Gasteiger partial charge in [0, 0.05) is 6.61 Å². The first-order valence-electron chi connectivity index (χ1n) is 4.15. The Kier molecular flexibility index (Phi) is 20.6. The molecule has 4 heteroatoms. The molecule has 70 valence electrons. The third-order valence-corrected chi connectivity index (χ3v) is 1.54. The molecule has 0 aromatic rings. The highest BCUT2D eigenvalue weighted by Crippen LogP contribution is 1.72. The highest BCUT2D eigenvalue weighted by molar-refractivity contribution is 6.24. The van der Waals surface area contributed by atoms with Gasteiger partial charge in [-0.05, 0) is 20.8 Å². The summed E-state index contributed by atoms with van der Waals surface area (Å²) in [5, 5.41) is 0. The number of hydrogen-bond acceptors (Lipinski definition) is 3. The lowest BCUT2D eigenvalue weighted by Crippen LogP contribution is -1.90. The largest absolute Gasteiger partial charge is 0.425 e. The lowest BCUT2D eigenvalue weighted by Gasteiger charge is -1.92. The molecule has 11 heavy (non-hydrogen) atoms. The summed E-state index contributed by atoms with van der Waals surface area (Å²) in [5.41, 5.74) is 0. The third kappa shape index (κ3) is 25.5. The van der Waals surface area contributed by atoms with E-state index in [1.54, 1.807) is 0 Å². The Bertz CT molecular complexity index is 47.0. The zero-order valence-corrected chi connectivity index (χ0v) is 9.47. The van der Waals surface area contributed by atoms with E-state index < -0.39 is 0 Å². The summed E-state index contributed by atoms with van der Waals surface area (Å²) in [5.74, 6) is 0. The van der Waals surface area contributed by atoms with Crippen LogP contribution in [0.15, 0.2) is 0 Å². The Labute approximate surface area is 71.9 Å². The lowest BCUT2D eigenvalue weighted by molar-refractivity contribution is -0.287. The van der Waals surface area contributed by atoms with Crippen molar-refractivity contribution in [1.29, 1.82) is 0 Å². The van der Waals surface area contributed by atoms with Gasteiger partial charge in [0.15, 0.2) is 9.76 Å². The summed E-state index contributed by atoms with van der Waals surface area (Å²) in [6, 6.07) is 0. The average Bonchev–Trinajstić information content (AvgIpc) is 2.04. The zero-order chi connectivity index (χ0) is 8.95. The molecule has 0 N–H and O–H groups in total. The molecule has 0 rings (SSSR count).